The summed E-state index contributed by atoms with van der Waals surface area (Å²) in [5.74, 6) is -0.603. The van der Waals surface area contributed by atoms with Crippen LogP contribution < -0.4 is 20.1 Å². The van der Waals surface area contributed by atoms with Crippen LogP contribution in [0, 0.1) is 0 Å². The zero-order valence-electron chi connectivity index (χ0n) is 16.2. The number of carbonyl (C=O) groups is 2. The molecular weight excluding hydrogens is 413 g/mol. The summed E-state index contributed by atoms with van der Waals surface area (Å²) in [6, 6.07) is 17.5. The van der Waals surface area contributed by atoms with Crippen molar-refractivity contribution in [3.63, 3.8) is 0 Å². The highest BCUT2D eigenvalue weighted by atomic mass is 19.4. The van der Waals surface area contributed by atoms with E-state index in [0.717, 1.165) is 12.1 Å². The van der Waals surface area contributed by atoms with Crippen molar-refractivity contribution in [1.29, 1.82) is 0 Å². The van der Waals surface area contributed by atoms with Gasteiger partial charge in [0.2, 0.25) is 0 Å². The summed E-state index contributed by atoms with van der Waals surface area (Å²) in [4.78, 5) is 24.6. The van der Waals surface area contributed by atoms with E-state index < -0.39 is 18.0 Å². The first-order valence-corrected chi connectivity index (χ1v) is 8.96. The molecule has 0 aliphatic heterocycles. The first-order valence-electron chi connectivity index (χ1n) is 8.96. The number of benzene rings is 3. The van der Waals surface area contributed by atoms with Crippen molar-refractivity contribution in [2.45, 2.75) is 6.36 Å². The van der Waals surface area contributed by atoms with Gasteiger partial charge in [0.15, 0.2) is 0 Å². The Labute approximate surface area is 175 Å². The third-order valence-electron chi connectivity index (χ3n) is 4.10. The number of anilines is 2. The largest absolute Gasteiger partial charge is 0.573 e. The van der Waals surface area contributed by atoms with Crippen LogP contribution >= 0.6 is 0 Å². The molecule has 3 rings (SSSR count). The normalized spacial score (nSPS) is 10.8. The molecule has 0 aliphatic carbocycles. The van der Waals surface area contributed by atoms with Crippen LogP contribution in [0.4, 0.5) is 24.5 Å². The van der Waals surface area contributed by atoms with Gasteiger partial charge in [-0.2, -0.15) is 0 Å². The van der Waals surface area contributed by atoms with Crippen molar-refractivity contribution in [2.75, 3.05) is 17.7 Å². The van der Waals surface area contributed by atoms with Crippen molar-refractivity contribution in [2.24, 2.45) is 0 Å². The number of rotatable bonds is 6. The summed E-state index contributed by atoms with van der Waals surface area (Å²) in [6.07, 6.45) is -4.80. The Morgan fingerprint density at radius 2 is 1.06 bits per heavy atom. The smallest absolute Gasteiger partial charge is 0.497 e. The Morgan fingerprint density at radius 3 is 1.48 bits per heavy atom. The molecule has 3 aromatic carbocycles. The van der Waals surface area contributed by atoms with Gasteiger partial charge in [0.25, 0.3) is 11.8 Å². The summed E-state index contributed by atoms with van der Waals surface area (Å²) in [5.41, 5.74) is 1.54. The van der Waals surface area contributed by atoms with Gasteiger partial charge >= 0.3 is 6.36 Å². The fraction of sp³-hybridized carbons (Fsp3) is 0.0909. The first-order chi connectivity index (χ1) is 14.7. The minimum absolute atomic E-state index is 0.149. The van der Waals surface area contributed by atoms with E-state index in [9.17, 15) is 22.8 Å². The lowest BCUT2D eigenvalue weighted by molar-refractivity contribution is -0.274. The summed E-state index contributed by atoms with van der Waals surface area (Å²) in [5, 5.41) is 5.35. The molecule has 0 bridgehead atoms. The molecule has 31 heavy (non-hydrogen) atoms. The molecular formula is C22H17F3N2O4. The van der Waals surface area contributed by atoms with Gasteiger partial charge in [-0.3, -0.25) is 9.59 Å². The van der Waals surface area contributed by atoms with Gasteiger partial charge in [-0.1, -0.05) is 0 Å². The lowest BCUT2D eigenvalue weighted by Gasteiger charge is -2.10. The minimum atomic E-state index is -4.80. The Kier molecular flexibility index (Phi) is 6.44. The van der Waals surface area contributed by atoms with Crippen LogP contribution in [0.15, 0.2) is 72.8 Å². The molecule has 0 saturated carbocycles. The lowest BCUT2D eigenvalue weighted by Crippen LogP contribution is -2.17. The maximum Gasteiger partial charge on any atom is 0.573 e. The second kappa shape index (κ2) is 9.21. The monoisotopic (exact) mass is 430 g/mol. The molecule has 2 amide bonds. The Bertz CT molecular complexity index is 1050. The lowest BCUT2D eigenvalue weighted by atomic mass is 10.1. The molecule has 0 unspecified atom stereocenters. The number of methoxy groups -OCH3 is 1. The van der Waals surface area contributed by atoms with Crippen LogP contribution in [0.1, 0.15) is 20.7 Å². The Balaban J connectivity index is 1.59. The molecule has 0 radical (unpaired) electrons. The fourth-order valence-electron chi connectivity index (χ4n) is 2.59. The zero-order valence-corrected chi connectivity index (χ0v) is 16.2. The average Bonchev–Trinajstić information content (AvgIpc) is 2.74. The minimum Gasteiger partial charge on any atom is -0.497 e. The average molecular weight is 430 g/mol. The van der Waals surface area contributed by atoms with E-state index in [2.05, 4.69) is 15.4 Å². The molecule has 0 spiro atoms. The molecule has 160 valence electrons. The van der Waals surface area contributed by atoms with Gasteiger partial charge in [0.05, 0.1) is 7.11 Å². The summed E-state index contributed by atoms with van der Waals surface area (Å²) < 4.78 is 45.4. The third kappa shape index (κ3) is 6.23. The molecule has 6 nitrogen and oxygen atoms in total. The molecule has 0 heterocycles. The molecule has 0 saturated heterocycles. The van der Waals surface area contributed by atoms with Gasteiger partial charge < -0.3 is 20.1 Å². The second-order valence-corrected chi connectivity index (χ2v) is 6.29. The van der Waals surface area contributed by atoms with Crippen LogP contribution in [0.2, 0.25) is 0 Å². The molecule has 9 heteroatoms. The summed E-state index contributed by atoms with van der Waals surface area (Å²) in [7, 11) is 1.55. The molecule has 0 aromatic heterocycles. The van der Waals surface area contributed by atoms with Gasteiger partial charge in [-0.25, -0.2) is 0 Å². The third-order valence-corrected chi connectivity index (χ3v) is 4.10. The van der Waals surface area contributed by atoms with E-state index in [-0.39, 0.29) is 11.5 Å². The standard InChI is InChI=1S/C22H17F3N2O4/c1-30-18-12-8-17(9-13-18)27-20(28)14-2-6-16(7-3-14)26-21(29)15-4-10-19(11-5-15)31-22(23,24)25/h2-13H,1H3,(H,26,29)(H,27,28). The molecule has 0 fully saturated rings. The number of halogens is 3. The second-order valence-electron chi connectivity index (χ2n) is 6.29. The highest BCUT2D eigenvalue weighted by Crippen LogP contribution is 2.23. The highest BCUT2D eigenvalue weighted by molar-refractivity contribution is 6.06. The number of alkyl halides is 3. The predicted octanol–water partition coefficient (Wildman–Crippen LogP) is 5.10. The number of hydrogen-bond donors (Lipinski definition) is 2. The van der Waals surface area contributed by atoms with Crippen molar-refractivity contribution >= 4 is 23.2 Å². The molecule has 3 aromatic rings. The number of carbonyl (C=O) groups excluding carboxylic acids is 2. The van der Waals surface area contributed by atoms with Gasteiger partial charge in [0, 0.05) is 22.5 Å². The van der Waals surface area contributed by atoms with Crippen molar-refractivity contribution < 1.29 is 32.2 Å². The number of ether oxygens (including phenoxy) is 2. The maximum absolute atomic E-state index is 12.3. The van der Waals surface area contributed by atoms with Gasteiger partial charge in [-0.05, 0) is 72.8 Å². The van der Waals surface area contributed by atoms with Crippen LogP contribution in [0.25, 0.3) is 0 Å². The molecule has 0 aliphatic rings. The first kappa shape index (κ1) is 21.7. The van der Waals surface area contributed by atoms with E-state index in [1.165, 1.54) is 24.3 Å². The van der Waals surface area contributed by atoms with Crippen molar-refractivity contribution in [1.82, 2.24) is 0 Å². The molecule has 2 N–H and O–H groups in total. The van der Waals surface area contributed by atoms with Crippen LogP contribution in [0.3, 0.4) is 0 Å². The van der Waals surface area contributed by atoms with Crippen LogP contribution in [-0.2, 0) is 0 Å². The topological polar surface area (TPSA) is 76.7 Å². The zero-order chi connectivity index (χ0) is 22.4. The van der Waals surface area contributed by atoms with E-state index >= 15 is 0 Å². The Morgan fingerprint density at radius 1 is 0.677 bits per heavy atom. The quantitative estimate of drug-likeness (QED) is 0.571. The van der Waals surface area contributed by atoms with Crippen LogP contribution in [-0.4, -0.2) is 25.3 Å². The summed E-state index contributed by atoms with van der Waals surface area (Å²) >= 11 is 0. The predicted molar refractivity (Wildman–Crippen MR) is 108 cm³/mol. The summed E-state index contributed by atoms with van der Waals surface area (Å²) in [6.45, 7) is 0. The number of nitrogens with one attached hydrogen (secondary N) is 2. The van der Waals surface area contributed by atoms with E-state index in [4.69, 9.17) is 4.74 Å². The van der Waals surface area contributed by atoms with Crippen LogP contribution in [0.5, 0.6) is 11.5 Å². The van der Waals surface area contributed by atoms with Crippen molar-refractivity contribution in [3.8, 4) is 11.5 Å². The van der Waals surface area contributed by atoms with Crippen molar-refractivity contribution in [3.05, 3.63) is 83.9 Å². The Hall–Kier alpha value is -4.01. The maximum atomic E-state index is 12.3. The van der Waals surface area contributed by atoms with Gasteiger partial charge in [0.1, 0.15) is 11.5 Å². The molecule has 0 atom stereocenters. The van der Waals surface area contributed by atoms with Gasteiger partial charge in [-0.15, -0.1) is 13.2 Å². The highest BCUT2D eigenvalue weighted by Gasteiger charge is 2.31. The SMILES string of the molecule is COc1ccc(NC(=O)c2ccc(NC(=O)c3ccc(OC(F)(F)F)cc3)cc2)cc1. The number of amides is 2. The number of hydrogen-bond acceptors (Lipinski definition) is 4. The van der Waals surface area contributed by atoms with E-state index in [0.29, 0.717) is 22.7 Å². The van der Waals surface area contributed by atoms with E-state index in [1.807, 2.05) is 0 Å². The fourth-order valence-corrected chi connectivity index (χ4v) is 2.59. The van der Waals surface area contributed by atoms with E-state index in [1.54, 1.807) is 43.5 Å².